The maximum absolute atomic E-state index is 12.6. The molecule has 0 aromatic carbocycles. The van der Waals surface area contributed by atoms with Gasteiger partial charge in [-0.25, -0.2) is 0 Å². The summed E-state index contributed by atoms with van der Waals surface area (Å²) in [6.07, 6.45) is -7.08. The second-order valence-electron chi connectivity index (χ2n) is 6.94. The second kappa shape index (κ2) is 11.7. The highest BCUT2D eigenvalue weighted by Crippen LogP contribution is 2.20. The Morgan fingerprint density at radius 2 is 1.50 bits per heavy atom. The van der Waals surface area contributed by atoms with Crippen molar-refractivity contribution in [2.45, 2.75) is 68.4 Å². The van der Waals surface area contributed by atoms with Crippen molar-refractivity contribution in [3.63, 3.8) is 0 Å². The lowest BCUT2D eigenvalue weighted by Crippen LogP contribution is -2.66. The molecule has 14 heteroatoms. The van der Waals surface area contributed by atoms with E-state index in [0.29, 0.717) is 0 Å². The third-order valence-corrected chi connectivity index (χ3v) is 4.56. The van der Waals surface area contributed by atoms with Crippen molar-refractivity contribution >= 4 is 23.6 Å². The molecule has 172 valence electrons. The van der Waals surface area contributed by atoms with Crippen LogP contribution in [0.5, 0.6) is 0 Å². The van der Waals surface area contributed by atoms with Gasteiger partial charge in [0.25, 0.3) is 0 Å². The molecule has 0 aromatic heterocycles. The first-order valence-corrected chi connectivity index (χ1v) is 9.21. The number of nitrogens with one attached hydrogen (secondary N) is 2. The molecule has 1 aliphatic heterocycles. The van der Waals surface area contributed by atoms with Gasteiger partial charge in [0.2, 0.25) is 23.6 Å². The van der Waals surface area contributed by atoms with E-state index < -0.39 is 73.0 Å². The summed E-state index contributed by atoms with van der Waals surface area (Å²) in [6, 6.07) is -3.99. The smallest absolute Gasteiger partial charge is 0.243 e. The van der Waals surface area contributed by atoms with Crippen molar-refractivity contribution in [3.8, 4) is 0 Å². The summed E-state index contributed by atoms with van der Waals surface area (Å²) in [5, 5.41) is 43.6. The summed E-state index contributed by atoms with van der Waals surface area (Å²) in [7, 11) is 0. The molecule has 0 saturated carbocycles. The van der Waals surface area contributed by atoms with E-state index in [0.717, 1.165) is 0 Å². The Hall–Kier alpha value is -2.36. The van der Waals surface area contributed by atoms with Gasteiger partial charge in [0.15, 0.2) is 6.29 Å². The van der Waals surface area contributed by atoms with Crippen LogP contribution in [0.25, 0.3) is 0 Å². The fourth-order valence-corrected chi connectivity index (χ4v) is 2.78. The van der Waals surface area contributed by atoms with Gasteiger partial charge in [-0.2, -0.15) is 0 Å². The molecule has 0 bridgehead atoms. The molecular weight excluding hydrogens is 406 g/mol. The molecule has 7 atom stereocenters. The predicted molar refractivity (Wildman–Crippen MR) is 98.7 cm³/mol. The third kappa shape index (κ3) is 7.47. The molecule has 1 fully saturated rings. The summed E-state index contributed by atoms with van der Waals surface area (Å²) in [6.45, 7) is -0.684. The van der Waals surface area contributed by atoms with Crippen molar-refractivity contribution in [2.24, 2.45) is 17.2 Å². The average Bonchev–Trinajstić information content (AvgIpc) is 2.68. The van der Waals surface area contributed by atoms with E-state index in [-0.39, 0.29) is 25.7 Å². The van der Waals surface area contributed by atoms with Crippen LogP contribution in [0.3, 0.4) is 0 Å². The van der Waals surface area contributed by atoms with Crippen molar-refractivity contribution < 1.29 is 44.3 Å². The van der Waals surface area contributed by atoms with Gasteiger partial charge in [0.05, 0.1) is 12.6 Å². The van der Waals surface area contributed by atoms with Gasteiger partial charge < -0.3 is 53.0 Å². The molecule has 2 unspecified atom stereocenters. The Kier molecular flexibility index (Phi) is 10.0. The van der Waals surface area contributed by atoms with E-state index in [2.05, 4.69) is 10.6 Å². The molecule has 0 spiro atoms. The Labute approximate surface area is 171 Å². The zero-order chi connectivity index (χ0) is 23.0. The number of carbonyl (C=O) groups is 4. The van der Waals surface area contributed by atoms with Gasteiger partial charge in [-0.3, -0.25) is 19.2 Å². The Morgan fingerprint density at radius 1 is 0.933 bits per heavy atom. The van der Waals surface area contributed by atoms with Crippen LogP contribution in [0.1, 0.15) is 25.7 Å². The molecule has 1 rings (SSSR count). The number of aliphatic hydroxyl groups is 4. The maximum Gasteiger partial charge on any atom is 0.243 e. The van der Waals surface area contributed by atoms with Crippen LogP contribution in [0.2, 0.25) is 0 Å². The molecule has 14 nitrogen and oxygen atoms in total. The fourth-order valence-electron chi connectivity index (χ4n) is 2.78. The normalized spacial score (nSPS) is 28.2. The number of rotatable bonds is 11. The van der Waals surface area contributed by atoms with Crippen molar-refractivity contribution in [3.05, 3.63) is 0 Å². The Balaban J connectivity index is 2.83. The summed E-state index contributed by atoms with van der Waals surface area (Å²) in [5.41, 5.74) is 15.7. The Morgan fingerprint density at radius 3 is 2.03 bits per heavy atom. The number of nitrogens with two attached hydrogens (primary N) is 3. The minimum atomic E-state index is -1.77. The van der Waals surface area contributed by atoms with Gasteiger partial charge in [-0.15, -0.1) is 0 Å². The lowest BCUT2D eigenvalue weighted by Gasteiger charge is -2.40. The second-order valence-corrected chi connectivity index (χ2v) is 6.94. The quantitative estimate of drug-likeness (QED) is 0.148. The zero-order valence-electron chi connectivity index (χ0n) is 16.1. The molecule has 30 heavy (non-hydrogen) atoms. The summed E-state index contributed by atoms with van der Waals surface area (Å²) >= 11 is 0. The van der Waals surface area contributed by atoms with E-state index in [1.54, 1.807) is 0 Å². The standard InChI is InChI=1S/C16H29N5O9/c17-6(1-3-9(18)23)14(27)20-7(2-4-10(19)24)15(28)21-11-13(26)12(25)8(5-22)30-16(11)29/h6-8,11-13,16,22,25-26,29H,1-5,17H2,(H2,18,23)(H2,19,24)(H,20,27)(H,21,28)/t6?,7?,8-,11-,12-,13+,16-/m0/s1. The number of hydrogen-bond donors (Lipinski definition) is 9. The van der Waals surface area contributed by atoms with Crippen molar-refractivity contribution in [1.29, 1.82) is 0 Å². The number of ether oxygens (including phenoxy) is 1. The van der Waals surface area contributed by atoms with Gasteiger partial charge in [-0.05, 0) is 12.8 Å². The molecule has 12 N–H and O–H groups in total. The number of hydrogen-bond acceptors (Lipinski definition) is 10. The molecule has 1 saturated heterocycles. The van der Waals surface area contributed by atoms with Crippen LogP contribution in [-0.4, -0.2) is 93.4 Å². The molecule has 1 aliphatic rings. The number of aliphatic hydroxyl groups excluding tert-OH is 4. The van der Waals surface area contributed by atoms with Crippen LogP contribution in [0.15, 0.2) is 0 Å². The van der Waals surface area contributed by atoms with E-state index in [1.165, 1.54) is 0 Å². The van der Waals surface area contributed by atoms with E-state index in [1.807, 2.05) is 0 Å². The minimum absolute atomic E-state index is 0.0754. The molecule has 1 heterocycles. The van der Waals surface area contributed by atoms with Crippen LogP contribution >= 0.6 is 0 Å². The van der Waals surface area contributed by atoms with E-state index in [9.17, 15) is 34.5 Å². The van der Waals surface area contributed by atoms with Gasteiger partial charge in [-0.1, -0.05) is 0 Å². The van der Waals surface area contributed by atoms with E-state index >= 15 is 0 Å². The molecule has 0 aliphatic carbocycles. The van der Waals surface area contributed by atoms with E-state index in [4.69, 9.17) is 27.0 Å². The number of amides is 4. The topological polar surface area (TPSA) is 261 Å². The first kappa shape index (κ1) is 25.7. The van der Waals surface area contributed by atoms with Gasteiger partial charge >= 0.3 is 0 Å². The summed E-state index contributed by atoms with van der Waals surface area (Å²) < 4.78 is 4.94. The first-order chi connectivity index (χ1) is 14.0. The first-order valence-electron chi connectivity index (χ1n) is 9.21. The van der Waals surface area contributed by atoms with Crippen LogP contribution < -0.4 is 27.8 Å². The lowest BCUT2D eigenvalue weighted by molar-refractivity contribution is -0.254. The van der Waals surface area contributed by atoms with Crippen LogP contribution in [0, 0.1) is 0 Å². The monoisotopic (exact) mass is 435 g/mol. The average molecular weight is 435 g/mol. The maximum atomic E-state index is 12.6. The lowest BCUT2D eigenvalue weighted by atomic mass is 9.96. The number of carbonyl (C=O) groups excluding carboxylic acids is 4. The molecular formula is C16H29N5O9. The fraction of sp³-hybridized carbons (Fsp3) is 0.750. The van der Waals surface area contributed by atoms with Gasteiger partial charge in [0.1, 0.15) is 30.4 Å². The SMILES string of the molecule is NC(=O)CCC(N)C(=O)NC(CCC(N)=O)C(=O)N[C@H]1[C@@H](O)[C@@H](O)[C@H](CO)O[C@@H]1O. The highest BCUT2D eigenvalue weighted by atomic mass is 16.6. The third-order valence-electron chi connectivity index (χ3n) is 4.56. The van der Waals surface area contributed by atoms with Gasteiger partial charge in [0, 0.05) is 12.8 Å². The largest absolute Gasteiger partial charge is 0.394 e. The highest BCUT2D eigenvalue weighted by Gasteiger charge is 2.44. The van der Waals surface area contributed by atoms with Crippen molar-refractivity contribution in [1.82, 2.24) is 10.6 Å². The summed E-state index contributed by atoms with van der Waals surface area (Å²) in [4.78, 5) is 46.7. The molecule has 0 aromatic rings. The van der Waals surface area contributed by atoms with Crippen molar-refractivity contribution in [2.75, 3.05) is 6.61 Å². The molecule has 4 amide bonds. The number of primary amides is 2. The zero-order valence-corrected chi connectivity index (χ0v) is 16.1. The van der Waals surface area contributed by atoms with Crippen LogP contribution in [-0.2, 0) is 23.9 Å². The highest BCUT2D eigenvalue weighted by molar-refractivity contribution is 5.90. The Bertz CT molecular complexity index is 634. The summed E-state index contributed by atoms with van der Waals surface area (Å²) in [5.74, 6) is -3.14. The predicted octanol–water partition coefficient (Wildman–Crippen LogP) is -5.75. The van der Waals surface area contributed by atoms with Crippen LogP contribution in [0.4, 0.5) is 0 Å². The molecule has 0 radical (unpaired) electrons. The minimum Gasteiger partial charge on any atom is -0.394 e.